The molecule has 76 valence electrons. The molecule has 1 aromatic carbocycles. The van der Waals surface area contributed by atoms with Crippen LogP contribution in [0.2, 0.25) is 0 Å². The predicted molar refractivity (Wildman–Crippen MR) is 59.8 cm³/mol. The molecule has 3 rings (SSSR count). The molecule has 1 aromatic rings. The van der Waals surface area contributed by atoms with Gasteiger partial charge in [0.1, 0.15) is 0 Å². The molecule has 2 nitrogen and oxygen atoms in total. The van der Waals surface area contributed by atoms with Crippen LogP contribution in [0.15, 0.2) is 18.2 Å². The van der Waals surface area contributed by atoms with Crippen LogP contribution in [0.5, 0.6) is 0 Å². The molecule has 0 radical (unpaired) electrons. The minimum atomic E-state index is 0.801. The average molecular weight is 198 g/mol. The Bertz CT molecular complexity index is 431. The van der Waals surface area contributed by atoms with E-state index >= 15 is 0 Å². The fourth-order valence-electron chi connectivity index (χ4n) is 2.89. The highest BCUT2D eigenvalue weighted by Crippen LogP contribution is 2.35. The summed E-state index contributed by atoms with van der Waals surface area (Å²) in [6.45, 7) is 2.41. The lowest BCUT2D eigenvalue weighted by Crippen LogP contribution is -2.40. The molecule has 0 spiro atoms. The summed E-state index contributed by atoms with van der Waals surface area (Å²) in [4.78, 5) is 2.48. The van der Waals surface area contributed by atoms with Crippen molar-refractivity contribution in [3.05, 3.63) is 29.3 Å². The van der Waals surface area contributed by atoms with E-state index in [0.717, 1.165) is 11.5 Å². The van der Waals surface area contributed by atoms with Gasteiger partial charge in [-0.25, -0.2) is 0 Å². The number of hydrogen-bond acceptors (Lipinski definition) is 2. The van der Waals surface area contributed by atoms with Gasteiger partial charge in [-0.1, -0.05) is 0 Å². The molecule has 2 aliphatic heterocycles. The third kappa shape index (κ3) is 1.39. The van der Waals surface area contributed by atoms with Gasteiger partial charge in [-0.15, -0.1) is 0 Å². The second-order valence-electron chi connectivity index (χ2n) is 4.61. The molecule has 15 heavy (non-hydrogen) atoms. The molecule has 0 N–H and O–H groups in total. The summed E-state index contributed by atoms with van der Waals surface area (Å²) in [5, 5.41) is 8.88. The van der Waals surface area contributed by atoms with Crippen LogP contribution in [0.1, 0.15) is 24.0 Å². The van der Waals surface area contributed by atoms with Crippen molar-refractivity contribution in [1.29, 1.82) is 5.26 Å². The van der Waals surface area contributed by atoms with E-state index in [-0.39, 0.29) is 0 Å². The van der Waals surface area contributed by atoms with Gasteiger partial charge in [0.15, 0.2) is 0 Å². The zero-order chi connectivity index (χ0) is 10.3. The Morgan fingerprint density at radius 3 is 3.20 bits per heavy atom. The third-order valence-electron chi connectivity index (χ3n) is 3.58. The van der Waals surface area contributed by atoms with Crippen molar-refractivity contribution in [1.82, 2.24) is 0 Å². The molecule has 2 bridgehead atoms. The Balaban J connectivity index is 2.06. The topological polar surface area (TPSA) is 27.0 Å². The zero-order valence-corrected chi connectivity index (χ0v) is 8.74. The molecular weight excluding hydrogens is 184 g/mol. The van der Waals surface area contributed by atoms with Gasteiger partial charge in [0.25, 0.3) is 0 Å². The predicted octanol–water partition coefficient (Wildman–Crippen LogP) is 2.33. The summed E-state index contributed by atoms with van der Waals surface area (Å²) in [6.07, 6.45) is 3.85. The molecule has 1 saturated heterocycles. The lowest BCUT2D eigenvalue weighted by atomic mass is 9.85. The largest absolute Gasteiger partial charge is 0.371 e. The Morgan fingerprint density at radius 1 is 1.40 bits per heavy atom. The Labute approximate surface area is 90.1 Å². The van der Waals surface area contributed by atoms with Gasteiger partial charge < -0.3 is 4.90 Å². The summed E-state index contributed by atoms with van der Waals surface area (Å²) in [7, 11) is 0. The second-order valence-corrected chi connectivity index (χ2v) is 4.61. The summed E-state index contributed by atoms with van der Waals surface area (Å²) in [6, 6.07) is 8.35. The normalized spacial score (nSPS) is 23.1. The molecule has 2 aliphatic rings. The van der Waals surface area contributed by atoms with Crippen LogP contribution in [0.3, 0.4) is 0 Å². The molecular formula is C13H14N2. The molecule has 1 fully saturated rings. The monoisotopic (exact) mass is 198 g/mol. The number of fused-ring (bicyclic) bond motifs is 4. The van der Waals surface area contributed by atoms with Crippen LogP contribution in [-0.2, 0) is 6.42 Å². The van der Waals surface area contributed by atoms with Gasteiger partial charge >= 0.3 is 0 Å². The number of anilines is 1. The quantitative estimate of drug-likeness (QED) is 0.639. The maximum atomic E-state index is 8.88. The Hall–Kier alpha value is -1.49. The van der Waals surface area contributed by atoms with Crippen molar-refractivity contribution in [3.63, 3.8) is 0 Å². The van der Waals surface area contributed by atoms with Crippen LogP contribution in [0.25, 0.3) is 0 Å². The number of nitriles is 1. The van der Waals surface area contributed by atoms with Gasteiger partial charge in [0.2, 0.25) is 0 Å². The van der Waals surface area contributed by atoms with E-state index in [0.29, 0.717) is 0 Å². The van der Waals surface area contributed by atoms with Crippen molar-refractivity contribution in [2.24, 2.45) is 5.92 Å². The van der Waals surface area contributed by atoms with Gasteiger partial charge in [-0.05, 0) is 48.9 Å². The fourth-order valence-corrected chi connectivity index (χ4v) is 2.89. The van der Waals surface area contributed by atoms with Gasteiger partial charge in [0, 0.05) is 18.8 Å². The minimum absolute atomic E-state index is 0.801. The molecule has 0 amide bonds. The maximum Gasteiger partial charge on any atom is 0.0991 e. The second kappa shape index (κ2) is 3.27. The molecule has 2 heteroatoms. The first-order valence-electron chi connectivity index (χ1n) is 5.65. The average Bonchev–Trinajstić information content (AvgIpc) is 2.28. The number of piperidine rings is 1. The fraction of sp³-hybridized carbons (Fsp3) is 0.462. The van der Waals surface area contributed by atoms with Crippen LogP contribution in [0, 0.1) is 17.2 Å². The summed E-state index contributed by atoms with van der Waals surface area (Å²) in [5.41, 5.74) is 3.55. The summed E-state index contributed by atoms with van der Waals surface area (Å²) >= 11 is 0. The first-order valence-corrected chi connectivity index (χ1v) is 5.65. The minimum Gasteiger partial charge on any atom is -0.371 e. The Kier molecular flexibility index (Phi) is 1.92. The van der Waals surface area contributed by atoms with Gasteiger partial charge in [-0.2, -0.15) is 5.26 Å². The molecule has 2 heterocycles. The van der Waals surface area contributed by atoms with E-state index in [4.69, 9.17) is 5.26 Å². The molecule has 0 aliphatic carbocycles. The third-order valence-corrected chi connectivity index (χ3v) is 3.58. The van der Waals surface area contributed by atoms with Gasteiger partial charge in [-0.3, -0.25) is 0 Å². The van der Waals surface area contributed by atoms with E-state index in [1.54, 1.807) is 0 Å². The first-order chi connectivity index (χ1) is 7.36. The van der Waals surface area contributed by atoms with Crippen LogP contribution in [-0.4, -0.2) is 13.1 Å². The highest BCUT2D eigenvalue weighted by molar-refractivity contribution is 5.59. The molecule has 0 aromatic heterocycles. The number of benzene rings is 1. The van der Waals surface area contributed by atoms with E-state index in [2.05, 4.69) is 23.1 Å². The van der Waals surface area contributed by atoms with E-state index < -0.39 is 0 Å². The smallest absolute Gasteiger partial charge is 0.0991 e. The SMILES string of the molecule is N#Cc1ccc2c(c1)CC1CCCN2C1. The first kappa shape index (κ1) is 8.79. The standard InChI is InChI=1S/C13H14N2/c14-8-10-3-4-13-12(6-10)7-11-2-1-5-15(13)9-11/h3-4,6,11H,1-2,5,7,9H2. The number of rotatable bonds is 0. The number of hydrogen-bond donors (Lipinski definition) is 0. The van der Waals surface area contributed by atoms with E-state index in [1.807, 2.05) is 6.07 Å². The van der Waals surface area contributed by atoms with Crippen LogP contribution in [0.4, 0.5) is 5.69 Å². The Morgan fingerprint density at radius 2 is 2.33 bits per heavy atom. The van der Waals surface area contributed by atoms with Crippen LogP contribution < -0.4 is 4.90 Å². The summed E-state index contributed by atoms with van der Waals surface area (Å²) < 4.78 is 0. The van der Waals surface area contributed by atoms with Crippen molar-refractivity contribution in [2.75, 3.05) is 18.0 Å². The van der Waals surface area contributed by atoms with Crippen molar-refractivity contribution in [3.8, 4) is 6.07 Å². The highest BCUT2D eigenvalue weighted by atomic mass is 15.1. The maximum absolute atomic E-state index is 8.88. The van der Waals surface area contributed by atoms with E-state index in [9.17, 15) is 0 Å². The van der Waals surface area contributed by atoms with Crippen molar-refractivity contribution < 1.29 is 0 Å². The van der Waals surface area contributed by atoms with Crippen LogP contribution >= 0.6 is 0 Å². The molecule has 0 saturated carbocycles. The zero-order valence-electron chi connectivity index (χ0n) is 8.74. The molecule has 1 atom stereocenters. The van der Waals surface area contributed by atoms with E-state index in [1.165, 1.54) is 43.6 Å². The summed E-state index contributed by atoms with van der Waals surface area (Å²) in [5.74, 6) is 0.820. The van der Waals surface area contributed by atoms with Crippen molar-refractivity contribution >= 4 is 5.69 Å². The van der Waals surface area contributed by atoms with Crippen molar-refractivity contribution in [2.45, 2.75) is 19.3 Å². The molecule has 1 unspecified atom stereocenters. The number of nitrogens with zero attached hydrogens (tertiary/aromatic N) is 2. The lowest BCUT2D eigenvalue weighted by Gasteiger charge is -2.40. The lowest BCUT2D eigenvalue weighted by molar-refractivity contribution is 0.396. The van der Waals surface area contributed by atoms with Gasteiger partial charge in [0.05, 0.1) is 11.6 Å². The highest BCUT2D eigenvalue weighted by Gasteiger charge is 2.27.